The van der Waals surface area contributed by atoms with E-state index in [1.165, 1.54) is 49.7 Å². The predicted octanol–water partition coefficient (Wildman–Crippen LogP) is 17.1. The lowest BCUT2D eigenvalue weighted by molar-refractivity contribution is 0.569. The van der Waals surface area contributed by atoms with Crippen molar-refractivity contribution < 1.29 is 4.42 Å². The van der Waals surface area contributed by atoms with Crippen LogP contribution in [0, 0.1) is 0 Å². The van der Waals surface area contributed by atoms with Crippen LogP contribution < -0.4 is 4.90 Å². The normalized spacial score (nSPS) is 12.4. The number of para-hydroxylation sites is 2. The lowest BCUT2D eigenvalue weighted by atomic mass is 9.78. The molecule has 0 aliphatic rings. The molecule has 298 valence electrons. The second-order valence-electron chi connectivity index (χ2n) is 19.5. The summed E-state index contributed by atoms with van der Waals surface area (Å²) < 4.78 is 6.59. The Morgan fingerprint density at radius 1 is 0.350 bits per heavy atom. The molecule has 2 heteroatoms. The van der Waals surface area contributed by atoms with E-state index in [1.54, 1.807) is 0 Å². The summed E-state index contributed by atoms with van der Waals surface area (Å²) in [4.78, 5) is 2.51. The third-order valence-electron chi connectivity index (χ3n) is 12.1. The Balaban J connectivity index is 1.39. The first kappa shape index (κ1) is 39.1. The second kappa shape index (κ2) is 14.7. The quantitative estimate of drug-likeness (QED) is 0.167. The zero-order valence-corrected chi connectivity index (χ0v) is 36.5. The maximum atomic E-state index is 6.59. The highest BCUT2D eigenvalue weighted by Gasteiger charge is 2.28. The summed E-state index contributed by atoms with van der Waals surface area (Å²) in [5.74, 6) is 0. The summed E-state index contributed by atoms with van der Waals surface area (Å²) >= 11 is 0. The van der Waals surface area contributed by atoms with Crippen LogP contribution in [0.5, 0.6) is 0 Å². The van der Waals surface area contributed by atoms with Crippen LogP contribution in [-0.2, 0) is 16.2 Å². The standard InChI is InChI=1S/C58H55NO/c1-56(2,3)41-32-33-44(38-20-11-10-12-21-38)51(37-41)59(50-29-19-31-53-55(50)48-25-14-16-30-52(48)60-53)49-28-15-13-24-46(49)47-27-18-23-39-22-17-26-45(54(39)47)40-34-42(57(4,5)6)36-43(35-40)58(7,8)9/h10-37H,1-9H3. The van der Waals surface area contributed by atoms with Crippen LogP contribution >= 0.6 is 0 Å². The summed E-state index contributed by atoms with van der Waals surface area (Å²) in [6.45, 7) is 20.8. The lowest BCUT2D eigenvalue weighted by Gasteiger charge is -2.32. The van der Waals surface area contributed by atoms with E-state index in [9.17, 15) is 0 Å². The van der Waals surface area contributed by atoms with E-state index in [-0.39, 0.29) is 16.2 Å². The van der Waals surface area contributed by atoms with Gasteiger partial charge in [-0.2, -0.15) is 0 Å². The summed E-state index contributed by atoms with van der Waals surface area (Å²) in [6.07, 6.45) is 0. The molecule has 0 unspecified atom stereocenters. The molecule has 0 radical (unpaired) electrons. The molecule has 0 fully saturated rings. The molecule has 0 atom stereocenters. The van der Waals surface area contributed by atoms with E-state index < -0.39 is 0 Å². The fourth-order valence-corrected chi connectivity index (χ4v) is 8.73. The first-order valence-electron chi connectivity index (χ1n) is 21.3. The van der Waals surface area contributed by atoms with Gasteiger partial charge in [0.1, 0.15) is 11.2 Å². The van der Waals surface area contributed by atoms with Gasteiger partial charge in [0.2, 0.25) is 0 Å². The number of fused-ring (bicyclic) bond motifs is 4. The van der Waals surface area contributed by atoms with Gasteiger partial charge >= 0.3 is 0 Å². The Morgan fingerprint density at radius 3 is 1.62 bits per heavy atom. The van der Waals surface area contributed by atoms with Gasteiger partial charge in [0.05, 0.1) is 22.4 Å². The fraction of sp³-hybridized carbons (Fsp3) is 0.207. The molecule has 0 aliphatic carbocycles. The van der Waals surface area contributed by atoms with Crippen molar-refractivity contribution in [2.45, 2.75) is 78.6 Å². The van der Waals surface area contributed by atoms with Gasteiger partial charge in [-0.25, -0.2) is 0 Å². The van der Waals surface area contributed by atoms with Crippen molar-refractivity contribution in [1.82, 2.24) is 0 Å². The van der Waals surface area contributed by atoms with E-state index in [1.807, 2.05) is 0 Å². The van der Waals surface area contributed by atoms with E-state index in [0.29, 0.717) is 0 Å². The van der Waals surface area contributed by atoms with Gasteiger partial charge in [-0.15, -0.1) is 0 Å². The number of furan rings is 1. The number of hydrogen-bond acceptors (Lipinski definition) is 2. The number of rotatable bonds is 6. The molecule has 0 saturated carbocycles. The molecule has 0 spiro atoms. The van der Waals surface area contributed by atoms with Gasteiger partial charge in [0.15, 0.2) is 0 Å². The molecule has 0 saturated heterocycles. The van der Waals surface area contributed by atoms with Crippen molar-refractivity contribution in [3.8, 4) is 33.4 Å². The largest absolute Gasteiger partial charge is 0.456 e. The molecule has 0 bridgehead atoms. The highest BCUT2D eigenvalue weighted by molar-refractivity contribution is 6.15. The molecule has 0 aliphatic heterocycles. The van der Waals surface area contributed by atoms with Gasteiger partial charge in [-0.05, 0) is 96.3 Å². The molecule has 60 heavy (non-hydrogen) atoms. The maximum absolute atomic E-state index is 6.59. The Labute approximate surface area is 356 Å². The average molecular weight is 782 g/mol. The van der Waals surface area contributed by atoms with Gasteiger partial charge in [0, 0.05) is 16.5 Å². The monoisotopic (exact) mass is 781 g/mol. The lowest BCUT2D eigenvalue weighted by Crippen LogP contribution is -2.16. The Kier molecular flexibility index (Phi) is 9.59. The summed E-state index contributed by atoms with van der Waals surface area (Å²) in [5.41, 5.74) is 16.1. The molecular weight excluding hydrogens is 727 g/mol. The Hall–Kier alpha value is -6.38. The van der Waals surface area contributed by atoms with Crippen molar-refractivity contribution in [2.24, 2.45) is 0 Å². The van der Waals surface area contributed by atoms with Crippen LogP contribution in [-0.4, -0.2) is 0 Å². The minimum Gasteiger partial charge on any atom is -0.456 e. The highest BCUT2D eigenvalue weighted by Crippen LogP contribution is 2.51. The minimum atomic E-state index is -0.0818. The Bertz CT molecular complexity index is 3000. The molecule has 1 aromatic heterocycles. The number of hydrogen-bond donors (Lipinski definition) is 0. The number of anilines is 3. The van der Waals surface area contributed by atoms with Crippen LogP contribution in [0.25, 0.3) is 66.1 Å². The van der Waals surface area contributed by atoms with Crippen LogP contribution in [0.2, 0.25) is 0 Å². The number of benzene rings is 8. The molecule has 2 nitrogen and oxygen atoms in total. The zero-order valence-electron chi connectivity index (χ0n) is 36.5. The highest BCUT2D eigenvalue weighted by atomic mass is 16.3. The zero-order chi connectivity index (χ0) is 42.0. The van der Waals surface area contributed by atoms with E-state index >= 15 is 0 Å². The van der Waals surface area contributed by atoms with Crippen LogP contribution in [0.3, 0.4) is 0 Å². The van der Waals surface area contributed by atoms with Crippen molar-refractivity contribution in [1.29, 1.82) is 0 Å². The molecule has 9 aromatic rings. The number of nitrogens with zero attached hydrogens (tertiary/aromatic N) is 1. The van der Waals surface area contributed by atoms with E-state index in [0.717, 1.165) is 50.1 Å². The Morgan fingerprint density at radius 2 is 0.917 bits per heavy atom. The first-order valence-corrected chi connectivity index (χ1v) is 21.3. The van der Waals surface area contributed by atoms with E-state index in [2.05, 4.69) is 237 Å². The average Bonchev–Trinajstić information content (AvgIpc) is 3.62. The van der Waals surface area contributed by atoms with Crippen molar-refractivity contribution in [3.05, 3.63) is 187 Å². The SMILES string of the molecule is CC(C)(C)c1cc(-c2cccc3cccc(-c4ccccc4N(c4cc(C(C)(C)C)ccc4-c4ccccc4)c4cccc5oc6ccccc6c45)c23)cc(C(C)(C)C)c1. The van der Waals surface area contributed by atoms with Crippen molar-refractivity contribution in [3.63, 3.8) is 0 Å². The van der Waals surface area contributed by atoms with Gasteiger partial charge in [-0.3, -0.25) is 0 Å². The van der Waals surface area contributed by atoms with Crippen molar-refractivity contribution in [2.75, 3.05) is 4.90 Å². The summed E-state index contributed by atoms with van der Waals surface area (Å²) in [7, 11) is 0. The summed E-state index contributed by atoms with van der Waals surface area (Å²) in [6, 6.07) is 62.6. The van der Waals surface area contributed by atoms with Gasteiger partial charge in [-0.1, -0.05) is 202 Å². The van der Waals surface area contributed by atoms with Gasteiger partial charge < -0.3 is 9.32 Å². The fourth-order valence-electron chi connectivity index (χ4n) is 8.73. The molecular formula is C58H55NO. The van der Waals surface area contributed by atoms with E-state index in [4.69, 9.17) is 4.42 Å². The molecule has 8 aromatic carbocycles. The molecule has 0 N–H and O–H groups in total. The van der Waals surface area contributed by atoms with Crippen molar-refractivity contribution >= 4 is 49.8 Å². The van der Waals surface area contributed by atoms with Gasteiger partial charge in [0.25, 0.3) is 0 Å². The molecule has 9 rings (SSSR count). The van der Waals surface area contributed by atoms with Crippen LogP contribution in [0.1, 0.15) is 79.0 Å². The molecule has 1 heterocycles. The minimum absolute atomic E-state index is 0.00709. The third kappa shape index (κ3) is 7.09. The van der Waals surface area contributed by atoms with Crippen LogP contribution in [0.4, 0.5) is 17.1 Å². The predicted molar refractivity (Wildman–Crippen MR) is 258 cm³/mol. The third-order valence-corrected chi connectivity index (χ3v) is 12.1. The maximum Gasteiger partial charge on any atom is 0.137 e. The molecule has 0 amide bonds. The smallest absolute Gasteiger partial charge is 0.137 e. The van der Waals surface area contributed by atoms with Crippen LogP contribution in [0.15, 0.2) is 174 Å². The first-order chi connectivity index (χ1) is 28.7. The topological polar surface area (TPSA) is 16.4 Å². The second-order valence-corrected chi connectivity index (χ2v) is 19.5. The summed E-state index contributed by atoms with van der Waals surface area (Å²) in [5, 5.41) is 4.65.